The molecule has 3 rings (SSSR count). The summed E-state index contributed by atoms with van der Waals surface area (Å²) in [5, 5.41) is 6.01. The average molecular weight is 426 g/mol. The maximum atomic E-state index is 12.8. The fraction of sp³-hybridized carbons (Fsp3) is 0.478. The number of hydrogen-bond donors (Lipinski definition) is 2. The Hall–Kier alpha value is -3.00. The van der Waals surface area contributed by atoms with Gasteiger partial charge in [0.15, 0.2) is 0 Å². The van der Waals surface area contributed by atoms with Gasteiger partial charge in [0.2, 0.25) is 11.9 Å². The molecule has 0 saturated carbocycles. The summed E-state index contributed by atoms with van der Waals surface area (Å²) in [6, 6.07) is 7.64. The van der Waals surface area contributed by atoms with E-state index >= 15 is 0 Å². The van der Waals surface area contributed by atoms with Gasteiger partial charge in [0.05, 0.1) is 17.8 Å². The number of hydrogen-bond acceptors (Lipinski definition) is 6. The lowest BCUT2D eigenvalue weighted by atomic mass is 9.89. The van der Waals surface area contributed by atoms with E-state index in [0.717, 1.165) is 12.0 Å². The molecule has 1 aromatic heterocycles. The first-order valence-electron chi connectivity index (χ1n) is 10.6. The van der Waals surface area contributed by atoms with Crippen molar-refractivity contribution in [3.63, 3.8) is 0 Å². The molecule has 166 valence electrons. The maximum Gasteiger partial charge on any atom is 0.258 e. The van der Waals surface area contributed by atoms with Crippen LogP contribution < -0.4 is 15.5 Å². The summed E-state index contributed by atoms with van der Waals surface area (Å²) in [6.07, 6.45) is 4.24. The van der Waals surface area contributed by atoms with Crippen molar-refractivity contribution in [2.45, 2.75) is 51.9 Å². The first-order chi connectivity index (χ1) is 14.7. The number of anilines is 2. The Balaban J connectivity index is 1.81. The van der Waals surface area contributed by atoms with Crippen molar-refractivity contribution in [3.05, 3.63) is 47.8 Å². The highest BCUT2D eigenvalue weighted by Crippen LogP contribution is 2.37. The highest BCUT2D eigenvalue weighted by molar-refractivity contribution is 6.04. The van der Waals surface area contributed by atoms with E-state index in [1.54, 1.807) is 4.90 Å². The SMILES string of the molecule is CC(=O)N[C@H]1C[C@@H](c2ccccc2NC(=O)c2cnc(N(C)C)nc2)O[C@@H](C(C)C)C1. The second-order valence-electron chi connectivity index (χ2n) is 8.48. The summed E-state index contributed by atoms with van der Waals surface area (Å²) in [4.78, 5) is 34.6. The quantitative estimate of drug-likeness (QED) is 0.738. The Bertz CT molecular complexity index is 914. The van der Waals surface area contributed by atoms with Gasteiger partial charge in [0, 0.05) is 50.7 Å². The van der Waals surface area contributed by atoms with E-state index in [0.29, 0.717) is 29.5 Å². The number of carbonyl (C=O) groups is 2. The van der Waals surface area contributed by atoms with Crippen LogP contribution in [0.1, 0.15) is 55.6 Å². The third kappa shape index (κ3) is 5.79. The second-order valence-corrected chi connectivity index (χ2v) is 8.48. The van der Waals surface area contributed by atoms with Gasteiger partial charge in [-0.15, -0.1) is 0 Å². The number of benzene rings is 1. The molecule has 0 bridgehead atoms. The molecule has 8 heteroatoms. The van der Waals surface area contributed by atoms with Gasteiger partial charge in [-0.2, -0.15) is 0 Å². The lowest BCUT2D eigenvalue weighted by molar-refractivity contribution is -0.123. The van der Waals surface area contributed by atoms with Gasteiger partial charge >= 0.3 is 0 Å². The van der Waals surface area contributed by atoms with Crippen LogP contribution in [-0.2, 0) is 9.53 Å². The molecule has 2 heterocycles. The van der Waals surface area contributed by atoms with Crippen LogP contribution in [0.4, 0.5) is 11.6 Å². The zero-order valence-corrected chi connectivity index (χ0v) is 18.8. The van der Waals surface area contributed by atoms with Crippen molar-refractivity contribution in [1.29, 1.82) is 0 Å². The molecular formula is C23H31N5O3. The van der Waals surface area contributed by atoms with Crippen LogP contribution in [0, 0.1) is 5.92 Å². The second kappa shape index (κ2) is 9.87. The van der Waals surface area contributed by atoms with Gasteiger partial charge < -0.3 is 20.3 Å². The van der Waals surface area contributed by atoms with E-state index < -0.39 is 0 Å². The van der Waals surface area contributed by atoms with Crippen LogP contribution in [0.5, 0.6) is 0 Å². The normalized spacial score (nSPS) is 20.9. The van der Waals surface area contributed by atoms with Crippen molar-refractivity contribution in [1.82, 2.24) is 15.3 Å². The largest absolute Gasteiger partial charge is 0.370 e. The molecule has 1 aliphatic rings. The van der Waals surface area contributed by atoms with Crippen molar-refractivity contribution in [2.75, 3.05) is 24.3 Å². The molecule has 3 atom stereocenters. The Morgan fingerprint density at radius 3 is 2.42 bits per heavy atom. The lowest BCUT2D eigenvalue weighted by Gasteiger charge is -2.38. The summed E-state index contributed by atoms with van der Waals surface area (Å²) in [7, 11) is 3.68. The maximum absolute atomic E-state index is 12.8. The standard InChI is InChI=1S/C23H31N5O3/c1-14(2)20-10-17(26-15(3)29)11-21(31-20)18-8-6-7-9-19(18)27-22(30)16-12-24-23(25-13-16)28(4)5/h6-9,12-14,17,20-21H,10-11H2,1-5H3,(H,26,29)(H,27,30)/t17-,20-,21+/m1/s1. The molecule has 31 heavy (non-hydrogen) atoms. The highest BCUT2D eigenvalue weighted by Gasteiger charge is 2.33. The highest BCUT2D eigenvalue weighted by atomic mass is 16.5. The summed E-state index contributed by atoms with van der Waals surface area (Å²) >= 11 is 0. The number of nitrogens with one attached hydrogen (secondary N) is 2. The molecule has 0 radical (unpaired) electrons. The molecule has 1 fully saturated rings. The summed E-state index contributed by atoms with van der Waals surface area (Å²) < 4.78 is 6.38. The molecule has 0 unspecified atom stereocenters. The fourth-order valence-electron chi connectivity index (χ4n) is 3.75. The van der Waals surface area contributed by atoms with E-state index in [1.807, 2.05) is 38.4 Å². The molecular weight excluding hydrogens is 394 g/mol. The molecule has 2 amide bonds. The number of ether oxygens (including phenoxy) is 1. The smallest absolute Gasteiger partial charge is 0.258 e. The number of aromatic nitrogens is 2. The van der Waals surface area contributed by atoms with Crippen LogP contribution in [0.3, 0.4) is 0 Å². The molecule has 2 aromatic rings. The number of para-hydroxylation sites is 1. The van der Waals surface area contributed by atoms with Crippen LogP contribution in [0.2, 0.25) is 0 Å². The van der Waals surface area contributed by atoms with Gasteiger partial charge in [-0.3, -0.25) is 9.59 Å². The molecule has 1 aliphatic heterocycles. The fourth-order valence-corrected chi connectivity index (χ4v) is 3.75. The first-order valence-corrected chi connectivity index (χ1v) is 10.6. The minimum Gasteiger partial charge on any atom is -0.370 e. The molecule has 0 spiro atoms. The molecule has 2 N–H and O–H groups in total. The predicted molar refractivity (Wildman–Crippen MR) is 120 cm³/mol. The third-order valence-electron chi connectivity index (χ3n) is 5.36. The number of amides is 2. The molecule has 1 aromatic carbocycles. The molecule has 0 aliphatic carbocycles. The third-order valence-corrected chi connectivity index (χ3v) is 5.36. The monoisotopic (exact) mass is 425 g/mol. The van der Waals surface area contributed by atoms with Gasteiger partial charge in [-0.05, 0) is 24.8 Å². The van der Waals surface area contributed by atoms with Crippen molar-refractivity contribution >= 4 is 23.5 Å². The van der Waals surface area contributed by atoms with E-state index in [2.05, 4.69) is 34.4 Å². The van der Waals surface area contributed by atoms with Crippen LogP contribution in [0.15, 0.2) is 36.7 Å². The average Bonchev–Trinajstić information content (AvgIpc) is 2.73. The summed E-state index contributed by atoms with van der Waals surface area (Å²) in [5.74, 6) is 0.521. The minimum atomic E-state index is -0.285. The number of rotatable bonds is 6. The van der Waals surface area contributed by atoms with Gasteiger partial charge in [-0.1, -0.05) is 32.0 Å². The minimum absolute atomic E-state index is 0.0198. The Labute approximate surface area is 183 Å². The van der Waals surface area contributed by atoms with Crippen LogP contribution >= 0.6 is 0 Å². The van der Waals surface area contributed by atoms with E-state index in [-0.39, 0.29) is 30.1 Å². The van der Waals surface area contributed by atoms with E-state index in [4.69, 9.17) is 4.74 Å². The Kier molecular flexibility index (Phi) is 7.22. The van der Waals surface area contributed by atoms with Crippen molar-refractivity contribution < 1.29 is 14.3 Å². The number of carbonyl (C=O) groups excluding carboxylic acids is 2. The van der Waals surface area contributed by atoms with Crippen LogP contribution in [-0.4, -0.2) is 48.0 Å². The van der Waals surface area contributed by atoms with Crippen molar-refractivity contribution in [2.24, 2.45) is 5.92 Å². The zero-order valence-electron chi connectivity index (χ0n) is 18.8. The summed E-state index contributed by atoms with van der Waals surface area (Å²) in [5.41, 5.74) is 1.95. The van der Waals surface area contributed by atoms with Crippen LogP contribution in [0.25, 0.3) is 0 Å². The first kappa shape index (κ1) is 22.7. The summed E-state index contributed by atoms with van der Waals surface area (Å²) in [6.45, 7) is 5.76. The Morgan fingerprint density at radius 1 is 1.13 bits per heavy atom. The predicted octanol–water partition coefficient (Wildman–Crippen LogP) is 3.18. The Morgan fingerprint density at radius 2 is 1.81 bits per heavy atom. The lowest BCUT2D eigenvalue weighted by Crippen LogP contribution is -2.43. The number of nitrogens with zero attached hydrogens (tertiary/aromatic N) is 3. The van der Waals surface area contributed by atoms with E-state index in [1.165, 1.54) is 19.3 Å². The van der Waals surface area contributed by atoms with Crippen molar-refractivity contribution in [3.8, 4) is 0 Å². The topological polar surface area (TPSA) is 96.5 Å². The van der Waals surface area contributed by atoms with Gasteiger partial charge in [0.1, 0.15) is 0 Å². The van der Waals surface area contributed by atoms with Gasteiger partial charge in [-0.25, -0.2) is 9.97 Å². The molecule has 8 nitrogen and oxygen atoms in total. The van der Waals surface area contributed by atoms with E-state index in [9.17, 15) is 9.59 Å². The van der Waals surface area contributed by atoms with Gasteiger partial charge in [0.25, 0.3) is 5.91 Å². The molecule has 1 saturated heterocycles. The zero-order chi connectivity index (χ0) is 22.5.